The Kier molecular flexibility index (Phi) is 5.99. The van der Waals surface area contributed by atoms with Crippen molar-refractivity contribution in [1.82, 2.24) is 0 Å². The largest absolute Gasteiger partial charge is 0.452 e. The van der Waals surface area contributed by atoms with Crippen molar-refractivity contribution in [2.45, 2.75) is 33.3 Å². The molecule has 0 fully saturated rings. The summed E-state index contributed by atoms with van der Waals surface area (Å²) in [6.07, 6.45) is -0.755. The summed E-state index contributed by atoms with van der Waals surface area (Å²) in [7, 11) is 0. The van der Waals surface area contributed by atoms with Crippen molar-refractivity contribution in [3.8, 4) is 0 Å². The first-order chi connectivity index (χ1) is 11.4. The summed E-state index contributed by atoms with van der Waals surface area (Å²) >= 11 is 6.03. The van der Waals surface area contributed by atoms with Gasteiger partial charge < -0.3 is 10.1 Å². The fourth-order valence-corrected chi connectivity index (χ4v) is 2.32. The summed E-state index contributed by atoms with van der Waals surface area (Å²) in [6.45, 7) is 5.33. The molecule has 1 amide bonds. The van der Waals surface area contributed by atoms with E-state index in [1.807, 2.05) is 38.1 Å². The lowest BCUT2D eigenvalue weighted by atomic mass is 10.1. The third kappa shape index (κ3) is 4.83. The summed E-state index contributed by atoms with van der Waals surface area (Å²) in [6, 6.07) is 12.9. The van der Waals surface area contributed by atoms with Crippen LogP contribution in [0, 0.1) is 13.8 Å². The molecule has 0 aromatic heterocycles. The van der Waals surface area contributed by atoms with Crippen LogP contribution in [0.1, 0.15) is 23.6 Å². The Morgan fingerprint density at radius 2 is 1.79 bits per heavy atom. The number of hydrogen-bond donors (Lipinski definition) is 1. The molecule has 24 heavy (non-hydrogen) atoms. The maximum Gasteiger partial charge on any atom is 0.311 e. The number of amides is 1. The van der Waals surface area contributed by atoms with Crippen molar-refractivity contribution < 1.29 is 14.3 Å². The number of carbonyl (C=O) groups excluding carboxylic acids is 2. The first kappa shape index (κ1) is 18.0. The third-order valence-electron chi connectivity index (χ3n) is 3.67. The minimum atomic E-state index is -0.888. The highest BCUT2D eigenvalue weighted by molar-refractivity contribution is 6.31. The molecule has 0 radical (unpaired) electrons. The number of rotatable bonds is 5. The summed E-state index contributed by atoms with van der Waals surface area (Å²) in [5.74, 6) is -0.832. The number of anilines is 1. The Morgan fingerprint density at radius 3 is 2.46 bits per heavy atom. The van der Waals surface area contributed by atoms with Gasteiger partial charge in [-0.25, -0.2) is 0 Å². The van der Waals surface area contributed by atoms with E-state index >= 15 is 0 Å². The summed E-state index contributed by atoms with van der Waals surface area (Å²) in [4.78, 5) is 24.1. The molecule has 2 aromatic rings. The van der Waals surface area contributed by atoms with Gasteiger partial charge in [0.15, 0.2) is 6.10 Å². The van der Waals surface area contributed by atoms with Gasteiger partial charge in [0.05, 0.1) is 6.42 Å². The van der Waals surface area contributed by atoms with Gasteiger partial charge in [-0.15, -0.1) is 0 Å². The van der Waals surface area contributed by atoms with E-state index in [0.29, 0.717) is 10.7 Å². The smallest absolute Gasteiger partial charge is 0.311 e. The fraction of sp³-hybridized carbons (Fsp3) is 0.263. The minimum Gasteiger partial charge on any atom is -0.452 e. The van der Waals surface area contributed by atoms with Crippen molar-refractivity contribution in [2.24, 2.45) is 0 Å². The van der Waals surface area contributed by atoms with Gasteiger partial charge in [0, 0.05) is 10.7 Å². The van der Waals surface area contributed by atoms with Gasteiger partial charge in [0.2, 0.25) is 0 Å². The molecule has 0 bridgehead atoms. The van der Waals surface area contributed by atoms with E-state index in [2.05, 4.69) is 5.32 Å². The van der Waals surface area contributed by atoms with Crippen LogP contribution in [-0.4, -0.2) is 18.0 Å². The lowest BCUT2D eigenvalue weighted by molar-refractivity contribution is -0.152. The average molecular weight is 346 g/mol. The van der Waals surface area contributed by atoms with Crippen LogP contribution in [-0.2, 0) is 20.7 Å². The van der Waals surface area contributed by atoms with E-state index in [4.69, 9.17) is 16.3 Å². The van der Waals surface area contributed by atoms with E-state index in [0.717, 1.165) is 16.7 Å². The molecule has 0 aliphatic heterocycles. The third-order valence-corrected chi connectivity index (χ3v) is 4.08. The molecule has 0 spiro atoms. The number of esters is 1. The topological polar surface area (TPSA) is 55.4 Å². The summed E-state index contributed by atoms with van der Waals surface area (Å²) in [5.41, 5.74) is 3.35. The second-order valence-electron chi connectivity index (χ2n) is 5.70. The molecule has 0 heterocycles. The maximum atomic E-state index is 12.2. The van der Waals surface area contributed by atoms with Crippen LogP contribution in [0.4, 0.5) is 5.69 Å². The number of ether oxygens (including phenoxy) is 1. The highest BCUT2D eigenvalue weighted by Crippen LogP contribution is 2.23. The molecular weight excluding hydrogens is 326 g/mol. The average Bonchev–Trinajstić information content (AvgIpc) is 2.54. The molecule has 0 aliphatic carbocycles. The number of hydrogen-bond acceptors (Lipinski definition) is 3. The van der Waals surface area contributed by atoms with Gasteiger partial charge in [-0.2, -0.15) is 0 Å². The van der Waals surface area contributed by atoms with Gasteiger partial charge >= 0.3 is 5.97 Å². The number of carbonyl (C=O) groups is 2. The number of benzene rings is 2. The first-order valence-corrected chi connectivity index (χ1v) is 8.05. The SMILES string of the molecule is Cc1ccc(CC(=O)O[C@H](C)C(=O)Nc2cccc(Cl)c2C)cc1. The Morgan fingerprint density at radius 1 is 1.12 bits per heavy atom. The molecule has 5 heteroatoms. The molecule has 0 saturated heterocycles. The van der Waals surface area contributed by atoms with Crippen LogP contribution >= 0.6 is 11.6 Å². The Balaban J connectivity index is 1.92. The van der Waals surface area contributed by atoms with Gasteiger partial charge in [0.1, 0.15) is 0 Å². The van der Waals surface area contributed by atoms with Crippen LogP contribution in [0.2, 0.25) is 5.02 Å². The first-order valence-electron chi connectivity index (χ1n) is 7.68. The van der Waals surface area contributed by atoms with E-state index < -0.39 is 18.0 Å². The van der Waals surface area contributed by atoms with Gasteiger partial charge in [-0.3, -0.25) is 9.59 Å². The second-order valence-corrected chi connectivity index (χ2v) is 6.10. The molecule has 0 saturated carbocycles. The summed E-state index contributed by atoms with van der Waals surface area (Å²) in [5, 5.41) is 3.29. The Hall–Kier alpha value is -2.33. The molecule has 1 atom stereocenters. The van der Waals surface area contributed by atoms with Crippen molar-refractivity contribution in [2.75, 3.05) is 5.32 Å². The van der Waals surface area contributed by atoms with E-state index in [1.54, 1.807) is 25.1 Å². The quantitative estimate of drug-likeness (QED) is 0.831. The molecule has 2 rings (SSSR count). The molecule has 0 unspecified atom stereocenters. The zero-order valence-electron chi connectivity index (χ0n) is 13.9. The molecule has 1 N–H and O–H groups in total. The Labute approximate surface area is 146 Å². The zero-order valence-corrected chi connectivity index (χ0v) is 14.7. The van der Waals surface area contributed by atoms with Crippen LogP contribution < -0.4 is 5.32 Å². The normalized spacial score (nSPS) is 11.7. The van der Waals surface area contributed by atoms with E-state index in [9.17, 15) is 9.59 Å². The predicted octanol–water partition coefficient (Wildman–Crippen LogP) is 4.07. The molecule has 0 aliphatic rings. The van der Waals surface area contributed by atoms with Crippen LogP contribution in [0.15, 0.2) is 42.5 Å². The number of nitrogens with one attached hydrogen (secondary N) is 1. The second kappa shape index (κ2) is 7.97. The van der Waals surface area contributed by atoms with Crippen molar-refractivity contribution >= 4 is 29.2 Å². The van der Waals surface area contributed by atoms with Crippen molar-refractivity contribution in [3.05, 3.63) is 64.2 Å². The van der Waals surface area contributed by atoms with Crippen molar-refractivity contribution in [3.63, 3.8) is 0 Å². The summed E-state index contributed by atoms with van der Waals surface area (Å²) < 4.78 is 5.20. The molecule has 4 nitrogen and oxygen atoms in total. The van der Waals surface area contributed by atoms with Crippen molar-refractivity contribution in [1.29, 1.82) is 0 Å². The van der Waals surface area contributed by atoms with Gasteiger partial charge in [-0.05, 0) is 44.0 Å². The zero-order chi connectivity index (χ0) is 17.7. The Bertz CT molecular complexity index is 741. The minimum absolute atomic E-state index is 0.133. The monoisotopic (exact) mass is 345 g/mol. The molecular formula is C19H20ClNO3. The standard InChI is InChI=1S/C19H20ClNO3/c1-12-7-9-15(10-8-12)11-18(22)24-14(3)19(23)21-17-6-4-5-16(20)13(17)2/h4-10,14H,11H2,1-3H3,(H,21,23)/t14-/m1/s1. The van der Waals surface area contributed by atoms with Crippen LogP contribution in [0.25, 0.3) is 0 Å². The number of aryl methyl sites for hydroxylation is 1. The van der Waals surface area contributed by atoms with E-state index in [-0.39, 0.29) is 6.42 Å². The van der Waals surface area contributed by atoms with Gasteiger partial charge in [0.25, 0.3) is 5.91 Å². The van der Waals surface area contributed by atoms with Crippen LogP contribution in [0.5, 0.6) is 0 Å². The highest BCUT2D eigenvalue weighted by Gasteiger charge is 2.19. The number of halogens is 1. The predicted molar refractivity (Wildman–Crippen MR) is 95.3 cm³/mol. The lowest BCUT2D eigenvalue weighted by Gasteiger charge is -2.15. The fourth-order valence-electron chi connectivity index (χ4n) is 2.14. The van der Waals surface area contributed by atoms with E-state index in [1.165, 1.54) is 0 Å². The maximum absolute atomic E-state index is 12.2. The molecule has 2 aromatic carbocycles. The van der Waals surface area contributed by atoms with Gasteiger partial charge in [-0.1, -0.05) is 47.5 Å². The van der Waals surface area contributed by atoms with Crippen LogP contribution in [0.3, 0.4) is 0 Å². The lowest BCUT2D eigenvalue weighted by Crippen LogP contribution is -2.30. The molecule has 126 valence electrons. The highest BCUT2D eigenvalue weighted by atomic mass is 35.5.